The van der Waals surface area contributed by atoms with E-state index in [0.717, 1.165) is 45.0 Å². The van der Waals surface area contributed by atoms with Crippen molar-refractivity contribution in [3.8, 4) is 0 Å². The van der Waals surface area contributed by atoms with E-state index >= 15 is 0 Å². The minimum Gasteiger partial charge on any atom is -0.369 e. The lowest BCUT2D eigenvalue weighted by molar-refractivity contribution is 0.136. The van der Waals surface area contributed by atoms with Crippen LogP contribution in [0.3, 0.4) is 0 Å². The van der Waals surface area contributed by atoms with Crippen LogP contribution < -0.4 is 15.5 Å². The molecule has 2 aliphatic heterocycles. The van der Waals surface area contributed by atoms with E-state index in [4.69, 9.17) is 4.99 Å². The third-order valence-corrected chi connectivity index (χ3v) is 6.34. The first-order chi connectivity index (χ1) is 14.7. The summed E-state index contributed by atoms with van der Waals surface area (Å²) < 4.78 is 0. The highest BCUT2D eigenvalue weighted by atomic mass is 127. The zero-order valence-corrected chi connectivity index (χ0v) is 22.1. The molecule has 0 bridgehead atoms. The number of aliphatic imine (C=N–C) groups is 1. The topological polar surface area (TPSA) is 46.1 Å². The molecular weight excluding hydrogens is 499 g/mol. The highest BCUT2D eigenvalue weighted by Crippen LogP contribution is 2.20. The molecule has 31 heavy (non-hydrogen) atoms. The van der Waals surface area contributed by atoms with Gasteiger partial charge in [-0.15, -0.1) is 24.0 Å². The van der Waals surface area contributed by atoms with Crippen LogP contribution in [-0.2, 0) is 0 Å². The molecule has 0 spiro atoms. The van der Waals surface area contributed by atoms with Gasteiger partial charge in [0.25, 0.3) is 0 Å². The van der Waals surface area contributed by atoms with Gasteiger partial charge >= 0.3 is 0 Å². The summed E-state index contributed by atoms with van der Waals surface area (Å²) in [6.45, 7) is 17.8. The van der Waals surface area contributed by atoms with Gasteiger partial charge < -0.3 is 25.3 Å². The number of halogens is 1. The number of anilines is 1. The first kappa shape index (κ1) is 26.2. The summed E-state index contributed by atoms with van der Waals surface area (Å²) in [4.78, 5) is 12.5. The van der Waals surface area contributed by atoms with Crippen molar-refractivity contribution in [2.75, 3.05) is 70.3 Å². The van der Waals surface area contributed by atoms with Crippen LogP contribution in [0, 0.1) is 6.92 Å². The summed E-state index contributed by atoms with van der Waals surface area (Å²) >= 11 is 0. The minimum absolute atomic E-state index is 0. The molecule has 2 saturated heterocycles. The van der Waals surface area contributed by atoms with E-state index in [9.17, 15) is 0 Å². The van der Waals surface area contributed by atoms with Crippen molar-refractivity contribution in [2.24, 2.45) is 4.99 Å². The van der Waals surface area contributed by atoms with Crippen LogP contribution in [0.15, 0.2) is 29.3 Å². The van der Waals surface area contributed by atoms with Crippen molar-refractivity contribution in [2.45, 2.75) is 46.1 Å². The van der Waals surface area contributed by atoms with E-state index in [1.54, 1.807) is 0 Å². The van der Waals surface area contributed by atoms with E-state index in [-0.39, 0.29) is 24.0 Å². The largest absolute Gasteiger partial charge is 0.369 e. The highest BCUT2D eigenvalue weighted by molar-refractivity contribution is 14.0. The van der Waals surface area contributed by atoms with Gasteiger partial charge in [0, 0.05) is 64.1 Å². The minimum atomic E-state index is 0. The standard InChI is InChI=1S/C24H42N6.HI/c1-4-25-24(26-13-6-7-14-29-18-16-28(5-2)17-19-29)27-22-12-15-30(20-22)23-10-8-21(3)9-11-23;/h8-11,22H,4-7,12-20H2,1-3H3,(H2,25,26,27);1H. The second kappa shape index (κ2) is 14.2. The molecule has 0 amide bonds. The Hall–Kier alpha value is -1.06. The number of guanidine groups is 1. The first-order valence-corrected chi connectivity index (χ1v) is 12.0. The van der Waals surface area contributed by atoms with Crippen LogP contribution in [-0.4, -0.2) is 87.2 Å². The zero-order chi connectivity index (χ0) is 21.2. The third kappa shape index (κ3) is 8.77. The fourth-order valence-electron chi connectivity index (χ4n) is 4.35. The fraction of sp³-hybridized carbons (Fsp3) is 0.708. The maximum Gasteiger partial charge on any atom is 0.191 e. The van der Waals surface area contributed by atoms with Gasteiger partial charge in [0.2, 0.25) is 0 Å². The summed E-state index contributed by atoms with van der Waals surface area (Å²) in [6, 6.07) is 9.33. The number of likely N-dealkylation sites (N-methyl/N-ethyl adjacent to an activating group) is 1. The number of hydrogen-bond donors (Lipinski definition) is 2. The Kier molecular flexibility index (Phi) is 12.0. The second-order valence-corrected chi connectivity index (χ2v) is 8.66. The van der Waals surface area contributed by atoms with Gasteiger partial charge in [0.1, 0.15) is 0 Å². The lowest BCUT2D eigenvalue weighted by Gasteiger charge is -2.33. The molecular formula is C24H43IN6. The summed E-state index contributed by atoms with van der Waals surface area (Å²) in [5.41, 5.74) is 2.64. The average molecular weight is 543 g/mol. The Morgan fingerprint density at radius 2 is 1.71 bits per heavy atom. The quantitative estimate of drug-likeness (QED) is 0.217. The predicted octanol–water partition coefficient (Wildman–Crippen LogP) is 3.16. The third-order valence-electron chi connectivity index (χ3n) is 6.34. The van der Waals surface area contributed by atoms with Crippen LogP contribution in [0.2, 0.25) is 0 Å². The maximum absolute atomic E-state index is 4.84. The van der Waals surface area contributed by atoms with Crippen molar-refractivity contribution in [1.82, 2.24) is 20.4 Å². The van der Waals surface area contributed by atoms with Crippen molar-refractivity contribution in [3.63, 3.8) is 0 Å². The predicted molar refractivity (Wildman–Crippen MR) is 144 cm³/mol. The second-order valence-electron chi connectivity index (χ2n) is 8.66. The molecule has 0 radical (unpaired) electrons. The van der Waals surface area contributed by atoms with Gasteiger partial charge in [-0.3, -0.25) is 4.99 Å². The number of nitrogens with zero attached hydrogens (tertiary/aromatic N) is 4. The highest BCUT2D eigenvalue weighted by Gasteiger charge is 2.23. The number of nitrogens with one attached hydrogen (secondary N) is 2. The number of unbranched alkanes of at least 4 members (excludes halogenated alkanes) is 1. The molecule has 6 nitrogen and oxygen atoms in total. The van der Waals surface area contributed by atoms with Gasteiger partial charge in [-0.2, -0.15) is 0 Å². The average Bonchev–Trinajstić information content (AvgIpc) is 3.23. The van der Waals surface area contributed by atoms with Crippen LogP contribution in [0.1, 0.15) is 38.7 Å². The SMILES string of the molecule is CCNC(=NCCCCN1CCN(CC)CC1)NC1CCN(c2ccc(C)cc2)C1.I. The molecule has 176 valence electrons. The van der Waals surface area contributed by atoms with Crippen LogP contribution in [0.5, 0.6) is 0 Å². The van der Waals surface area contributed by atoms with Crippen LogP contribution in [0.4, 0.5) is 5.69 Å². The van der Waals surface area contributed by atoms with Gasteiger partial charge in [0.15, 0.2) is 5.96 Å². The van der Waals surface area contributed by atoms with Gasteiger partial charge in [0.05, 0.1) is 0 Å². The Morgan fingerprint density at radius 1 is 1.00 bits per heavy atom. The molecule has 1 aromatic rings. The number of aryl methyl sites for hydroxylation is 1. The van der Waals surface area contributed by atoms with Gasteiger partial charge in [-0.05, 0) is 58.3 Å². The molecule has 0 saturated carbocycles. The maximum atomic E-state index is 4.84. The van der Waals surface area contributed by atoms with E-state index < -0.39 is 0 Å². The summed E-state index contributed by atoms with van der Waals surface area (Å²) in [7, 11) is 0. The van der Waals surface area contributed by atoms with E-state index in [1.807, 2.05) is 0 Å². The Morgan fingerprint density at radius 3 is 2.39 bits per heavy atom. The number of hydrogen-bond acceptors (Lipinski definition) is 4. The van der Waals surface area contributed by atoms with Gasteiger partial charge in [-0.1, -0.05) is 24.6 Å². The number of rotatable bonds is 9. The smallest absolute Gasteiger partial charge is 0.191 e. The molecule has 1 unspecified atom stereocenters. The van der Waals surface area contributed by atoms with Crippen molar-refractivity contribution in [1.29, 1.82) is 0 Å². The van der Waals surface area contributed by atoms with Crippen molar-refractivity contribution in [3.05, 3.63) is 29.8 Å². The Balaban J connectivity index is 0.00000341. The molecule has 1 atom stereocenters. The molecule has 2 fully saturated rings. The molecule has 7 heteroatoms. The monoisotopic (exact) mass is 542 g/mol. The molecule has 2 N–H and O–H groups in total. The summed E-state index contributed by atoms with van der Waals surface area (Å²) in [6.07, 6.45) is 3.55. The Bertz CT molecular complexity index is 642. The number of piperazine rings is 1. The van der Waals surface area contributed by atoms with Crippen LogP contribution >= 0.6 is 24.0 Å². The summed E-state index contributed by atoms with van der Waals surface area (Å²) in [5.74, 6) is 0.977. The normalized spacial score (nSPS) is 20.5. The zero-order valence-electron chi connectivity index (χ0n) is 19.8. The van der Waals surface area contributed by atoms with Crippen molar-refractivity contribution >= 4 is 35.6 Å². The fourth-order valence-corrected chi connectivity index (χ4v) is 4.35. The molecule has 1 aromatic carbocycles. The first-order valence-electron chi connectivity index (χ1n) is 12.0. The number of benzene rings is 1. The van der Waals surface area contributed by atoms with Crippen LogP contribution in [0.25, 0.3) is 0 Å². The molecule has 0 aliphatic carbocycles. The van der Waals surface area contributed by atoms with E-state index in [2.05, 4.69) is 70.4 Å². The summed E-state index contributed by atoms with van der Waals surface area (Å²) in [5, 5.41) is 7.09. The molecule has 2 heterocycles. The molecule has 2 aliphatic rings. The Labute approximate surface area is 206 Å². The lowest BCUT2D eigenvalue weighted by Crippen LogP contribution is -2.46. The van der Waals surface area contributed by atoms with Gasteiger partial charge in [-0.25, -0.2) is 0 Å². The lowest BCUT2D eigenvalue weighted by atomic mass is 10.2. The van der Waals surface area contributed by atoms with E-state index in [0.29, 0.717) is 6.04 Å². The molecule has 3 rings (SSSR count). The van der Waals surface area contributed by atoms with E-state index in [1.165, 1.54) is 56.9 Å². The van der Waals surface area contributed by atoms with Crippen molar-refractivity contribution < 1.29 is 0 Å². The molecule has 0 aromatic heterocycles.